The van der Waals surface area contributed by atoms with Crippen molar-refractivity contribution in [1.82, 2.24) is 5.32 Å². The highest BCUT2D eigenvalue weighted by atomic mass is 16.1. The number of allylic oxidation sites excluding steroid dienone is 3. The van der Waals surface area contributed by atoms with Crippen molar-refractivity contribution in [1.29, 1.82) is 0 Å². The summed E-state index contributed by atoms with van der Waals surface area (Å²) in [6.07, 6.45) is 7.10. The van der Waals surface area contributed by atoms with Crippen molar-refractivity contribution >= 4 is 5.91 Å². The molecular formula is C7H11NO. The average molecular weight is 125 g/mol. The highest BCUT2D eigenvalue weighted by Crippen LogP contribution is 1.71. The number of rotatable bonds is 2. The van der Waals surface area contributed by atoms with Gasteiger partial charge >= 0.3 is 0 Å². The molecule has 0 spiro atoms. The lowest BCUT2D eigenvalue weighted by atomic mass is 10.5. The lowest BCUT2D eigenvalue weighted by molar-refractivity contribution is -0.118. The second kappa shape index (κ2) is 5.09. The normalized spacial score (nSPS) is 10.9. The van der Waals surface area contributed by atoms with Gasteiger partial charge in [0, 0.05) is 13.1 Å². The van der Waals surface area contributed by atoms with Gasteiger partial charge in [-0.2, -0.15) is 0 Å². The molecular weight excluding hydrogens is 114 g/mol. The molecule has 0 aromatic heterocycles. The molecule has 0 unspecified atom stereocenters. The van der Waals surface area contributed by atoms with E-state index in [0.29, 0.717) is 0 Å². The zero-order chi connectivity index (χ0) is 7.11. The van der Waals surface area contributed by atoms with E-state index in [1.807, 2.05) is 19.1 Å². The van der Waals surface area contributed by atoms with Crippen LogP contribution in [-0.2, 0) is 4.79 Å². The standard InChI is InChI=1S/C7H11NO/c1-3-4-5-6-8-7(2)9/h3-6H,1-2H3,(H,8,9)/b4-3-,6-5+. The largest absolute Gasteiger partial charge is 0.333 e. The first-order valence-electron chi connectivity index (χ1n) is 2.82. The van der Waals surface area contributed by atoms with Crippen molar-refractivity contribution in [3.63, 3.8) is 0 Å². The number of carbonyl (C=O) groups excluding carboxylic acids is 1. The SMILES string of the molecule is C/C=C\C=C\NC(C)=O. The summed E-state index contributed by atoms with van der Waals surface area (Å²) in [4.78, 5) is 10.2. The van der Waals surface area contributed by atoms with E-state index in [1.165, 1.54) is 6.92 Å². The number of nitrogens with one attached hydrogen (secondary N) is 1. The van der Waals surface area contributed by atoms with Gasteiger partial charge in [0.2, 0.25) is 5.91 Å². The second-order valence-electron chi connectivity index (χ2n) is 1.59. The number of hydrogen-bond acceptors (Lipinski definition) is 1. The molecule has 1 N–H and O–H groups in total. The van der Waals surface area contributed by atoms with E-state index in [4.69, 9.17) is 0 Å². The van der Waals surface area contributed by atoms with E-state index < -0.39 is 0 Å². The quantitative estimate of drug-likeness (QED) is 0.552. The zero-order valence-corrected chi connectivity index (χ0v) is 5.72. The topological polar surface area (TPSA) is 29.1 Å². The molecule has 0 aromatic carbocycles. The van der Waals surface area contributed by atoms with Gasteiger partial charge in [0.05, 0.1) is 0 Å². The highest BCUT2D eigenvalue weighted by Gasteiger charge is 1.78. The van der Waals surface area contributed by atoms with Gasteiger partial charge in [0.15, 0.2) is 0 Å². The van der Waals surface area contributed by atoms with E-state index >= 15 is 0 Å². The first-order valence-corrected chi connectivity index (χ1v) is 2.82. The third-order valence-electron chi connectivity index (χ3n) is 0.686. The van der Waals surface area contributed by atoms with E-state index in [0.717, 1.165) is 0 Å². The van der Waals surface area contributed by atoms with Gasteiger partial charge < -0.3 is 5.32 Å². The predicted octanol–water partition coefficient (Wildman–Crippen LogP) is 1.21. The molecule has 0 saturated carbocycles. The Balaban J connectivity index is 3.36. The van der Waals surface area contributed by atoms with Gasteiger partial charge in [-0.15, -0.1) is 0 Å². The molecule has 9 heavy (non-hydrogen) atoms. The van der Waals surface area contributed by atoms with E-state index in [-0.39, 0.29) is 5.91 Å². The molecule has 0 radical (unpaired) electrons. The lowest BCUT2D eigenvalue weighted by Crippen LogP contribution is -2.10. The smallest absolute Gasteiger partial charge is 0.220 e. The predicted molar refractivity (Wildman–Crippen MR) is 37.8 cm³/mol. The molecule has 1 amide bonds. The van der Waals surface area contributed by atoms with Crippen LogP contribution in [0.2, 0.25) is 0 Å². The third kappa shape index (κ3) is 6.95. The molecule has 0 heterocycles. The van der Waals surface area contributed by atoms with Crippen LogP contribution in [-0.4, -0.2) is 5.91 Å². The maximum absolute atomic E-state index is 10.2. The van der Waals surface area contributed by atoms with Gasteiger partial charge in [0.25, 0.3) is 0 Å². The molecule has 0 aliphatic heterocycles. The van der Waals surface area contributed by atoms with E-state index in [1.54, 1.807) is 12.3 Å². The summed E-state index contributed by atoms with van der Waals surface area (Å²) in [6.45, 7) is 3.39. The monoisotopic (exact) mass is 125 g/mol. The van der Waals surface area contributed by atoms with E-state index in [2.05, 4.69) is 5.32 Å². The zero-order valence-electron chi connectivity index (χ0n) is 5.72. The van der Waals surface area contributed by atoms with Crippen LogP contribution in [0.25, 0.3) is 0 Å². The summed E-state index contributed by atoms with van der Waals surface area (Å²) < 4.78 is 0. The number of carbonyl (C=O) groups is 1. The van der Waals surface area contributed by atoms with Crippen LogP contribution in [0.4, 0.5) is 0 Å². The minimum Gasteiger partial charge on any atom is -0.333 e. The van der Waals surface area contributed by atoms with Crippen molar-refractivity contribution < 1.29 is 4.79 Å². The fraction of sp³-hybridized carbons (Fsp3) is 0.286. The molecule has 0 aliphatic carbocycles. The van der Waals surface area contributed by atoms with Gasteiger partial charge in [0.1, 0.15) is 0 Å². The van der Waals surface area contributed by atoms with Crippen molar-refractivity contribution in [3.05, 3.63) is 24.4 Å². The van der Waals surface area contributed by atoms with Crippen LogP contribution in [0, 0.1) is 0 Å². The van der Waals surface area contributed by atoms with Crippen LogP contribution in [0.15, 0.2) is 24.4 Å². The summed E-state index contributed by atoms with van der Waals surface area (Å²) in [6, 6.07) is 0. The summed E-state index contributed by atoms with van der Waals surface area (Å²) in [5, 5.41) is 2.51. The van der Waals surface area contributed by atoms with Gasteiger partial charge in [-0.3, -0.25) is 4.79 Å². The van der Waals surface area contributed by atoms with Gasteiger partial charge in [-0.05, 0) is 13.0 Å². The van der Waals surface area contributed by atoms with Crippen LogP contribution in [0.5, 0.6) is 0 Å². The maximum Gasteiger partial charge on any atom is 0.220 e. The Morgan fingerprint density at radius 2 is 2.11 bits per heavy atom. The fourth-order valence-corrected chi connectivity index (χ4v) is 0.332. The average Bonchev–Trinajstić information content (AvgIpc) is 1.80. The Kier molecular flexibility index (Phi) is 4.50. The summed E-state index contributed by atoms with van der Waals surface area (Å²) in [5.41, 5.74) is 0. The minimum absolute atomic E-state index is 0.0456. The molecule has 0 aliphatic rings. The molecule has 0 atom stereocenters. The fourth-order valence-electron chi connectivity index (χ4n) is 0.332. The molecule has 0 fully saturated rings. The summed E-state index contributed by atoms with van der Waals surface area (Å²) in [5.74, 6) is -0.0456. The molecule has 0 saturated heterocycles. The van der Waals surface area contributed by atoms with Crippen molar-refractivity contribution in [2.45, 2.75) is 13.8 Å². The van der Waals surface area contributed by atoms with E-state index in [9.17, 15) is 4.79 Å². The Bertz CT molecular complexity index is 136. The maximum atomic E-state index is 10.2. The molecule has 0 bridgehead atoms. The minimum atomic E-state index is -0.0456. The Morgan fingerprint density at radius 1 is 1.44 bits per heavy atom. The van der Waals surface area contributed by atoms with Crippen LogP contribution in [0.3, 0.4) is 0 Å². The van der Waals surface area contributed by atoms with Gasteiger partial charge in [-0.1, -0.05) is 12.2 Å². The van der Waals surface area contributed by atoms with Crippen molar-refractivity contribution in [2.24, 2.45) is 0 Å². The third-order valence-corrected chi connectivity index (χ3v) is 0.686. The number of hydrogen-bond donors (Lipinski definition) is 1. The Labute approximate surface area is 55.3 Å². The molecule has 50 valence electrons. The van der Waals surface area contributed by atoms with Crippen LogP contribution < -0.4 is 5.32 Å². The Hall–Kier alpha value is -1.05. The first kappa shape index (κ1) is 7.95. The van der Waals surface area contributed by atoms with Gasteiger partial charge in [-0.25, -0.2) is 0 Å². The highest BCUT2D eigenvalue weighted by molar-refractivity contribution is 5.73. The molecule has 0 aromatic rings. The molecule has 2 nitrogen and oxygen atoms in total. The van der Waals surface area contributed by atoms with Crippen LogP contribution in [0.1, 0.15) is 13.8 Å². The number of amides is 1. The summed E-state index contributed by atoms with van der Waals surface area (Å²) >= 11 is 0. The molecule has 0 rings (SSSR count). The molecule has 2 heteroatoms. The first-order chi connectivity index (χ1) is 4.27. The Morgan fingerprint density at radius 3 is 2.56 bits per heavy atom. The second-order valence-corrected chi connectivity index (χ2v) is 1.59. The van der Waals surface area contributed by atoms with Crippen molar-refractivity contribution in [3.8, 4) is 0 Å². The van der Waals surface area contributed by atoms with Crippen LogP contribution >= 0.6 is 0 Å². The van der Waals surface area contributed by atoms with Crippen molar-refractivity contribution in [2.75, 3.05) is 0 Å². The lowest BCUT2D eigenvalue weighted by Gasteiger charge is -1.86. The summed E-state index contributed by atoms with van der Waals surface area (Å²) in [7, 11) is 0.